The highest BCUT2D eigenvalue weighted by Gasteiger charge is 2.32. The van der Waals surface area contributed by atoms with Crippen LogP contribution in [0.5, 0.6) is 5.75 Å². The number of fused-ring (bicyclic) bond motifs is 1. The van der Waals surface area contributed by atoms with Gasteiger partial charge in [0.1, 0.15) is 5.75 Å². The van der Waals surface area contributed by atoms with Crippen molar-refractivity contribution in [3.8, 4) is 16.9 Å². The average molecular weight is 496 g/mol. The maximum atomic E-state index is 13.8. The SMILES string of the molecule is Cc1cc(C)c(CN2CCc3c(-c4cnn(C5CNC5)c4)cc(OC(C)C)c(Cl)c3C2=O)c(=O)[nH]1. The maximum absolute atomic E-state index is 13.8. The third-order valence-electron chi connectivity index (χ3n) is 6.72. The molecule has 0 spiro atoms. The number of ether oxygens (including phenoxy) is 1. The molecule has 2 aliphatic heterocycles. The molecule has 5 rings (SSSR count). The molecular weight excluding hydrogens is 466 g/mol. The second-order valence-electron chi connectivity index (χ2n) is 9.70. The van der Waals surface area contributed by atoms with Gasteiger partial charge in [-0.3, -0.25) is 14.3 Å². The first-order valence-corrected chi connectivity index (χ1v) is 12.4. The molecule has 0 radical (unpaired) electrons. The molecule has 9 heteroatoms. The third kappa shape index (κ3) is 4.36. The van der Waals surface area contributed by atoms with E-state index in [0.717, 1.165) is 41.0 Å². The van der Waals surface area contributed by atoms with Gasteiger partial charge >= 0.3 is 0 Å². The van der Waals surface area contributed by atoms with Gasteiger partial charge in [0, 0.05) is 42.7 Å². The van der Waals surface area contributed by atoms with Crippen LogP contribution in [0, 0.1) is 13.8 Å². The lowest BCUT2D eigenvalue weighted by molar-refractivity contribution is 0.0725. The van der Waals surface area contributed by atoms with Crippen LogP contribution in [-0.2, 0) is 13.0 Å². The molecule has 1 fully saturated rings. The van der Waals surface area contributed by atoms with E-state index in [1.165, 1.54) is 0 Å². The van der Waals surface area contributed by atoms with E-state index in [-0.39, 0.29) is 24.1 Å². The number of aromatic nitrogens is 3. The second kappa shape index (κ2) is 9.17. The number of aromatic amines is 1. The van der Waals surface area contributed by atoms with E-state index >= 15 is 0 Å². The minimum atomic E-state index is -0.193. The molecule has 1 amide bonds. The summed E-state index contributed by atoms with van der Waals surface area (Å²) in [4.78, 5) is 30.9. The van der Waals surface area contributed by atoms with Gasteiger partial charge in [-0.2, -0.15) is 5.10 Å². The highest BCUT2D eigenvalue weighted by Crippen LogP contribution is 2.41. The van der Waals surface area contributed by atoms with E-state index in [4.69, 9.17) is 16.3 Å². The van der Waals surface area contributed by atoms with Crippen molar-refractivity contribution < 1.29 is 9.53 Å². The first-order valence-electron chi connectivity index (χ1n) is 12.0. The number of carbonyl (C=O) groups excluding carboxylic acids is 1. The van der Waals surface area contributed by atoms with Crippen LogP contribution in [0.1, 0.15) is 52.6 Å². The second-order valence-corrected chi connectivity index (χ2v) is 10.1. The fourth-order valence-corrected chi connectivity index (χ4v) is 5.11. The maximum Gasteiger partial charge on any atom is 0.256 e. The molecule has 3 aromatic rings. The summed E-state index contributed by atoms with van der Waals surface area (Å²) >= 11 is 6.79. The Labute approximate surface area is 209 Å². The van der Waals surface area contributed by atoms with E-state index in [1.54, 1.807) is 4.90 Å². The minimum Gasteiger partial charge on any atom is -0.489 e. The lowest BCUT2D eigenvalue weighted by Crippen LogP contribution is -2.43. The zero-order chi connectivity index (χ0) is 24.9. The summed E-state index contributed by atoms with van der Waals surface area (Å²) in [6.07, 6.45) is 4.38. The Kier molecular flexibility index (Phi) is 6.19. The smallest absolute Gasteiger partial charge is 0.256 e. The van der Waals surface area contributed by atoms with Gasteiger partial charge < -0.3 is 19.9 Å². The van der Waals surface area contributed by atoms with Crippen molar-refractivity contribution >= 4 is 17.5 Å². The molecule has 8 nitrogen and oxygen atoms in total. The molecule has 0 bridgehead atoms. The van der Waals surface area contributed by atoms with Crippen molar-refractivity contribution in [1.82, 2.24) is 25.0 Å². The zero-order valence-corrected chi connectivity index (χ0v) is 21.2. The number of carbonyl (C=O) groups is 1. The predicted molar refractivity (Wildman–Crippen MR) is 135 cm³/mol. The molecule has 2 aliphatic rings. The highest BCUT2D eigenvalue weighted by atomic mass is 35.5. The van der Waals surface area contributed by atoms with Crippen LogP contribution >= 0.6 is 11.6 Å². The van der Waals surface area contributed by atoms with Gasteiger partial charge in [-0.15, -0.1) is 0 Å². The molecule has 184 valence electrons. The van der Waals surface area contributed by atoms with Gasteiger partial charge in [0.2, 0.25) is 0 Å². The molecule has 35 heavy (non-hydrogen) atoms. The molecule has 1 aromatic carbocycles. The largest absolute Gasteiger partial charge is 0.489 e. The lowest BCUT2D eigenvalue weighted by Gasteiger charge is -2.31. The van der Waals surface area contributed by atoms with Gasteiger partial charge in [-0.1, -0.05) is 11.6 Å². The van der Waals surface area contributed by atoms with Crippen LogP contribution in [0.4, 0.5) is 0 Å². The summed E-state index contributed by atoms with van der Waals surface area (Å²) in [5, 5.41) is 8.14. The normalized spacial score (nSPS) is 15.9. The molecular formula is C26H30ClN5O3. The van der Waals surface area contributed by atoms with E-state index in [0.29, 0.717) is 40.9 Å². The molecule has 2 aromatic heterocycles. The lowest BCUT2D eigenvalue weighted by atomic mass is 9.90. The van der Waals surface area contributed by atoms with Gasteiger partial charge in [0.25, 0.3) is 11.5 Å². The fraction of sp³-hybridized carbons (Fsp3) is 0.423. The van der Waals surface area contributed by atoms with Crippen LogP contribution in [0.3, 0.4) is 0 Å². The summed E-state index contributed by atoms with van der Waals surface area (Å²) in [5.41, 5.74) is 5.29. The summed E-state index contributed by atoms with van der Waals surface area (Å²) in [7, 11) is 0. The minimum absolute atomic E-state index is 0.106. The summed E-state index contributed by atoms with van der Waals surface area (Å²) in [6, 6.07) is 4.19. The van der Waals surface area contributed by atoms with E-state index < -0.39 is 0 Å². The Morgan fingerprint density at radius 2 is 2.00 bits per heavy atom. The van der Waals surface area contributed by atoms with Crippen molar-refractivity contribution in [2.75, 3.05) is 19.6 Å². The number of rotatable bonds is 6. The van der Waals surface area contributed by atoms with Crippen molar-refractivity contribution in [1.29, 1.82) is 0 Å². The van der Waals surface area contributed by atoms with Crippen LogP contribution in [0.25, 0.3) is 11.1 Å². The average Bonchev–Trinajstić information content (AvgIpc) is 3.21. The molecule has 4 heterocycles. The van der Waals surface area contributed by atoms with Gasteiger partial charge in [-0.05, 0) is 62.9 Å². The fourth-order valence-electron chi connectivity index (χ4n) is 4.82. The molecule has 1 saturated heterocycles. The van der Waals surface area contributed by atoms with Crippen molar-refractivity contribution in [2.24, 2.45) is 0 Å². The molecule has 0 saturated carbocycles. The first kappa shape index (κ1) is 23.6. The number of benzene rings is 1. The summed E-state index contributed by atoms with van der Waals surface area (Å²) in [6.45, 7) is 10.1. The Balaban J connectivity index is 1.56. The Hall–Kier alpha value is -3.10. The quantitative estimate of drug-likeness (QED) is 0.544. The molecule has 0 aliphatic carbocycles. The molecule has 0 atom stereocenters. The van der Waals surface area contributed by atoms with Gasteiger partial charge in [0.05, 0.1) is 35.5 Å². The van der Waals surface area contributed by atoms with Crippen molar-refractivity contribution in [2.45, 2.75) is 52.8 Å². The number of aryl methyl sites for hydroxylation is 2. The number of nitrogens with one attached hydrogen (secondary N) is 2. The molecule has 2 N–H and O–H groups in total. The Morgan fingerprint density at radius 1 is 1.23 bits per heavy atom. The van der Waals surface area contributed by atoms with Gasteiger partial charge in [0.15, 0.2) is 0 Å². The predicted octanol–water partition coefficient (Wildman–Crippen LogP) is 3.64. The number of hydrogen-bond acceptors (Lipinski definition) is 5. The van der Waals surface area contributed by atoms with E-state index in [2.05, 4.69) is 15.4 Å². The third-order valence-corrected chi connectivity index (χ3v) is 7.10. The standard InChI is InChI=1S/C26H30ClN5O3/c1-14(2)35-22-8-20(17-9-29-32(12-17)18-10-28-11-18)19-5-6-31(26(34)23(19)24(22)27)13-21-15(3)7-16(4)30-25(21)33/h7-9,12,14,18,28H,5-6,10-11,13H2,1-4H3,(H,30,33). The Bertz CT molecular complexity index is 1360. The number of amides is 1. The van der Waals surface area contributed by atoms with Crippen LogP contribution < -0.4 is 15.6 Å². The summed E-state index contributed by atoms with van der Waals surface area (Å²) in [5.74, 6) is 0.287. The van der Waals surface area contributed by atoms with Crippen molar-refractivity contribution in [3.05, 3.63) is 67.9 Å². The van der Waals surface area contributed by atoms with Crippen LogP contribution in [0.2, 0.25) is 5.02 Å². The number of pyridine rings is 1. The van der Waals surface area contributed by atoms with Crippen molar-refractivity contribution in [3.63, 3.8) is 0 Å². The Morgan fingerprint density at radius 3 is 2.66 bits per heavy atom. The number of halogens is 1. The number of hydrogen-bond donors (Lipinski definition) is 2. The summed E-state index contributed by atoms with van der Waals surface area (Å²) < 4.78 is 7.99. The van der Waals surface area contributed by atoms with Crippen LogP contribution in [0.15, 0.2) is 29.3 Å². The van der Waals surface area contributed by atoms with E-state index in [1.807, 2.05) is 56.9 Å². The van der Waals surface area contributed by atoms with Gasteiger partial charge in [-0.25, -0.2) is 0 Å². The topological polar surface area (TPSA) is 92.2 Å². The number of nitrogens with zero attached hydrogens (tertiary/aromatic N) is 3. The number of H-pyrrole nitrogens is 1. The highest BCUT2D eigenvalue weighted by molar-refractivity contribution is 6.35. The molecule has 0 unspecified atom stereocenters. The monoisotopic (exact) mass is 495 g/mol. The van der Waals surface area contributed by atoms with E-state index in [9.17, 15) is 9.59 Å². The zero-order valence-electron chi connectivity index (χ0n) is 20.4. The first-order chi connectivity index (χ1) is 16.7. The van der Waals surface area contributed by atoms with Crippen LogP contribution in [-0.4, -0.2) is 51.3 Å².